The van der Waals surface area contributed by atoms with Gasteiger partial charge in [0.2, 0.25) is 0 Å². The quantitative estimate of drug-likeness (QED) is 0.485. The molecule has 3 saturated carbocycles. The standard InChI is InChI=1S/C26H24O4S/c27-25(17-8-3-1-4-9-17)29-23-19-13-14-20(21(16-19)22-12-7-15-31-22)24(23)30-26(28)18-10-5-2-6-11-18/h1-12,15,19-21,23-24H,13-14,16H2. The maximum absolute atomic E-state index is 12.9. The predicted octanol–water partition coefficient (Wildman–Crippen LogP) is 5.71. The van der Waals surface area contributed by atoms with E-state index in [1.807, 2.05) is 36.4 Å². The van der Waals surface area contributed by atoms with Gasteiger partial charge in [-0.25, -0.2) is 9.59 Å². The SMILES string of the molecule is O=C(OC1C2CCC(C(c3cccs3)C2)C1OC(=O)c1ccccc1)c1ccccc1. The third kappa shape index (κ3) is 4.02. The Hall–Kier alpha value is -2.92. The number of rotatable bonds is 5. The van der Waals surface area contributed by atoms with E-state index in [2.05, 4.69) is 17.5 Å². The van der Waals surface area contributed by atoms with Crippen LogP contribution in [0.15, 0.2) is 78.2 Å². The van der Waals surface area contributed by atoms with Crippen LogP contribution in [0.3, 0.4) is 0 Å². The van der Waals surface area contributed by atoms with Crippen LogP contribution in [0.25, 0.3) is 0 Å². The summed E-state index contributed by atoms with van der Waals surface area (Å²) in [5.41, 5.74) is 1.04. The molecule has 1 heterocycles. The molecular weight excluding hydrogens is 408 g/mol. The summed E-state index contributed by atoms with van der Waals surface area (Å²) >= 11 is 1.75. The molecule has 0 radical (unpaired) electrons. The highest BCUT2D eigenvalue weighted by molar-refractivity contribution is 7.10. The number of fused-ring (bicyclic) bond motifs is 3. The number of esters is 2. The van der Waals surface area contributed by atoms with Gasteiger partial charge in [0.1, 0.15) is 12.2 Å². The summed E-state index contributed by atoms with van der Waals surface area (Å²) in [6.45, 7) is 0. The molecule has 0 N–H and O–H groups in total. The van der Waals surface area contributed by atoms with Crippen molar-refractivity contribution < 1.29 is 19.1 Å². The minimum Gasteiger partial charge on any atom is -0.455 e. The van der Waals surface area contributed by atoms with Crippen LogP contribution in [0.1, 0.15) is 50.8 Å². The van der Waals surface area contributed by atoms with E-state index < -0.39 is 12.2 Å². The number of carbonyl (C=O) groups is 2. The molecule has 3 aliphatic carbocycles. The van der Waals surface area contributed by atoms with Crippen molar-refractivity contribution in [1.82, 2.24) is 0 Å². The largest absolute Gasteiger partial charge is 0.455 e. The van der Waals surface area contributed by atoms with Crippen molar-refractivity contribution in [1.29, 1.82) is 0 Å². The zero-order valence-electron chi connectivity index (χ0n) is 17.1. The second-order valence-corrected chi connectivity index (χ2v) is 9.31. The van der Waals surface area contributed by atoms with E-state index in [9.17, 15) is 9.59 Å². The highest BCUT2D eigenvalue weighted by atomic mass is 32.1. The van der Waals surface area contributed by atoms with Gasteiger partial charge in [-0.1, -0.05) is 42.5 Å². The molecule has 31 heavy (non-hydrogen) atoms. The van der Waals surface area contributed by atoms with Gasteiger partial charge in [0.05, 0.1) is 11.1 Å². The van der Waals surface area contributed by atoms with Crippen molar-refractivity contribution in [2.45, 2.75) is 37.4 Å². The normalized spacial score (nSPS) is 26.9. The van der Waals surface area contributed by atoms with Gasteiger partial charge in [-0.05, 0) is 55.0 Å². The molecule has 3 fully saturated rings. The van der Waals surface area contributed by atoms with Crippen molar-refractivity contribution in [3.8, 4) is 0 Å². The van der Waals surface area contributed by atoms with E-state index in [0.29, 0.717) is 17.0 Å². The Balaban J connectivity index is 1.42. The zero-order chi connectivity index (χ0) is 21.2. The Labute approximate surface area is 185 Å². The maximum atomic E-state index is 12.9. The fourth-order valence-corrected chi connectivity index (χ4v) is 6.03. The Morgan fingerprint density at radius 2 is 1.35 bits per heavy atom. The molecule has 5 unspecified atom stereocenters. The van der Waals surface area contributed by atoms with Gasteiger partial charge in [-0.2, -0.15) is 0 Å². The van der Waals surface area contributed by atoms with Crippen molar-refractivity contribution in [3.05, 3.63) is 94.2 Å². The first-order chi connectivity index (χ1) is 15.2. The highest BCUT2D eigenvalue weighted by Crippen LogP contribution is 2.52. The number of carbonyl (C=O) groups excluding carboxylic acids is 2. The minimum absolute atomic E-state index is 0.143. The topological polar surface area (TPSA) is 52.6 Å². The molecule has 0 amide bonds. The van der Waals surface area contributed by atoms with Crippen LogP contribution < -0.4 is 0 Å². The Morgan fingerprint density at radius 3 is 1.94 bits per heavy atom. The minimum atomic E-state index is -0.444. The van der Waals surface area contributed by atoms with Crippen molar-refractivity contribution >= 4 is 23.3 Å². The summed E-state index contributed by atoms with van der Waals surface area (Å²) in [6.07, 6.45) is 2.05. The number of hydrogen-bond acceptors (Lipinski definition) is 5. The Bertz CT molecular complexity index is 1030. The lowest BCUT2D eigenvalue weighted by Crippen LogP contribution is -2.54. The molecule has 5 atom stereocenters. The highest BCUT2D eigenvalue weighted by Gasteiger charge is 2.53. The molecule has 0 spiro atoms. The van der Waals surface area contributed by atoms with Crippen LogP contribution in [0.4, 0.5) is 0 Å². The van der Waals surface area contributed by atoms with E-state index in [1.165, 1.54) is 4.88 Å². The lowest BCUT2D eigenvalue weighted by molar-refractivity contribution is -0.128. The fraction of sp³-hybridized carbons (Fsp3) is 0.308. The third-order valence-electron chi connectivity index (χ3n) is 6.57. The predicted molar refractivity (Wildman–Crippen MR) is 119 cm³/mol. The second kappa shape index (κ2) is 8.67. The van der Waals surface area contributed by atoms with Crippen molar-refractivity contribution in [2.24, 2.45) is 11.8 Å². The van der Waals surface area contributed by atoms with E-state index in [4.69, 9.17) is 9.47 Å². The monoisotopic (exact) mass is 432 g/mol. The zero-order valence-corrected chi connectivity index (χ0v) is 17.9. The van der Waals surface area contributed by atoms with Gasteiger partial charge in [0, 0.05) is 22.6 Å². The van der Waals surface area contributed by atoms with Crippen LogP contribution in [-0.2, 0) is 9.47 Å². The molecule has 2 bridgehead atoms. The Morgan fingerprint density at radius 1 is 0.742 bits per heavy atom. The van der Waals surface area contributed by atoms with Crippen LogP contribution in [-0.4, -0.2) is 24.1 Å². The van der Waals surface area contributed by atoms with Crippen LogP contribution >= 0.6 is 11.3 Å². The van der Waals surface area contributed by atoms with Gasteiger partial charge in [-0.3, -0.25) is 0 Å². The summed E-state index contributed by atoms with van der Waals surface area (Å²) in [4.78, 5) is 27.1. The van der Waals surface area contributed by atoms with Crippen LogP contribution in [0.2, 0.25) is 0 Å². The van der Waals surface area contributed by atoms with Gasteiger partial charge in [0.25, 0.3) is 0 Å². The lowest BCUT2D eigenvalue weighted by Gasteiger charge is -2.50. The molecule has 0 saturated heterocycles. The summed E-state index contributed by atoms with van der Waals surface area (Å²) in [5, 5.41) is 2.09. The average molecular weight is 433 g/mol. The number of benzene rings is 2. The molecule has 1 aromatic heterocycles. The first-order valence-electron chi connectivity index (χ1n) is 10.8. The molecule has 3 aromatic rings. The number of hydrogen-bond donors (Lipinski definition) is 0. The molecule has 2 aromatic carbocycles. The smallest absolute Gasteiger partial charge is 0.338 e. The van der Waals surface area contributed by atoms with Gasteiger partial charge in [0.15, 0.2) is 0 Å². The maximum Gasteiger partial charge on any atom is 0.338 e. The fourth-order valence-electron chi connectivity index (χ4n) is 5.11. The molecule has 0 aliphatic heterocycles. The lowest BCUT2D eigenvalue weighted by atomic mass is 9.61. The van der Waals surface area contributed by atoms with E-state index in [-0.39, 0.29) is 23.8 Å². The van der Waals surface area contributed by atoms with Crippen molar-refractivity contribution in [3.63, 3.8) is 0 Å². The van der Waals surface area contributed by atoms with Crippen LogP contribution in [0, 0.1) is 11.8 Å². The summed E-state index contributed by atoms with van der Waals surface area (Å²) < 4.78 is 12.1. The Kier molecular flexibility index (Phi) is 5.60. The molecule has 4 nitrogen and oxygen atoms in total. The van der Waals surface area contributed by atoms with Crippen molar-refractivity contribution in [2.75, 3.05) is 0 Å². The van der Waals surface area contributed by atoms with E-state index in [1.54, 1.807) is 35.6 Å². The third-order valence-corrected chi connectivity index (χ3v) is 7.57. The van der Waals surface area contributed by atoms with Gasteiger partial charge < -0.3 is 9.47 Å². The van der Waals surface area contributed by atoms with Crippen LogP contribution in [0.5, 0.6) is 0 Å². The molecule has 6 rings (SSSR count). The molecule has 5 heteroatoms. The average Bonchev–Trinajstić information content (AvgIpc) is 3.37. The first kappa shape index (κ1) is 20.0. The van der Waals surface area contributed by atoms with E-state index in [0.717, 1.165) is 19.3 Å². The summed E-state index contributed by atoms with van der Waals surface area (Å²) in [5.74, 6) is -0.0577. The second-order valence-electron chi connectivity index (χ2n) is 8.33. The van der Waals surface area contributed by atoms with Gasteiger partial charge in [-0.15, -0.1) is 11.3 Å². The molecule has 158 valence electrons. The number of ether oxygens (including phenoxy) is 2. The number of thiophene rings is 1. The van der Waals surface area contributed by atoms with E-state index >= 15 is 0 Å². The summed E-state index contributed by atoms with van der Waals surface area (Å²) in [6, 6.07) is 22.3. The first-order valence-corrected chi connectivity index (χ1v) is 11.6. The van der Waals surface area contributed by atoms with Gasteiger partial charge >= 0.3 is 11.9 Å². The summed E-state index contributed by atoms with van der Waals surface area (Å²) in [7, 11) is 0. The molecular formula is C26H24O4S. The molecule has 3 aliphatic rings.